The first kappa shape index (κ1) is 13.7. The Kier molecular flexibility index (Phi) is 3.93. The lowest BCUT2D eigenvalue weighted by molar-refractivity contribution is 0.206. The first-order chi connectivity index (χ1) is 9.08. The average Bonchev–Trinajstić information content (AvgIpc) is 3.17. The fourth-order valence-corrected chi connectivity index (χ4v) is 1.92. The predicted octanol–water partition coefficient (Wildman–Crippen LogP) is 2.11. The molecule has 1 aromatic rings. The molecule has 1 saturated carbocycles. The normalized spacial score (nSPS) is 15.4. The zero-order valence-corrected chi connectivity index (χ0v) is 11.0. The maximum atomic E-state index is 11.7. The minimum absolute atomic E-state index is 0.0932. The van der Waals surface area contributed by atoms with Crippen molar-refractivity contribution in [1.29, 1.82) is 5.26 Å². The van der Waals surface area contributed by atoms with Crippen LogP contribution in [0.5, 0.6) is 0 Å². The summed E-state index contributed by atoms with van der Waals surface area (Å²) in [5.74, 6) is 0. The van der Waals surface area contributed by atoms with Gasteiger partial charge in [0.25, 0.3) is 0 Å². The van der Waals surface area contributed by atoms with Gasteiger partial charge in [-0.2, -0.15) is 5.26 Å². The molecule has 2 rings (SSSR count). The number of urea groups is 1. The summed E-state index contributed by atoms with van der Waals surface area (Å²) < 4.78 is 0. The molecule has 0 aliphatic heterocycles. The summed E-state index contributed by atoms with van der Waals surface area (Å²) in [6.45, 7) is 0.551. The third-order valence-corrected chi connectivity index (χ3v) is 3.58. The van der Waals surface area contributed by atoms with Crippen LogP contribution < -0.4 is 10.6 Å². The third-order valence-electron chi connectivity index (χ3n) is 3.26. The molecule has 1 fully saturated rings. The molecule has 2 amide bonds. The summed E-state index contributed by atoms with van der Waals surface area (Å²) in [5, 5.41) is 23.5. The molecule has 0 bridgehead atoms. The lowest BCUT2D eigenvalue weighted by atomic mass is 10.1. The van der Waals surface area contributed by atoms with Crippen LogP contribution in [0.3, 0.4) is 0 Å². The van der Waals surface area contributed by atoms with Gasteiger partial charge in [0.2, 0.25) is 0 Å². The number of aliphatic hydroxyl groups is 1. The minimum Gasteiger partial charge on any atom is -0.396 e. The summed E-state index contributed by atoms with van der Waals surface area (Å²) in [5.41, 5.74) is 0.764. The van der Waals surface area contributed by atoms with Gasteiger partial charge in [-0.1, -0.05) is 11.6 Å². The fraction of sp³-hybridized carbons (Fsp3) is 0.385. The number of rotatable bonds is 4. The summed E-state index contributed by atoms with van der Waals surface area (Å²) in [6.07, 6.45) is 1.87. The molecule has 5 nitrogen and oxygen atoms in total. The molecular formula is C13H14ClN3O2. The van der Waals surface area contributed by atoms with Crippen molar-refractivity contribution in [2.24, 2.45) is 5.41 Å². The van der Waals surface area contributed by atoms with Crippen LogP contribution in [0.4, 0.5) is 10.5 Å². The molecule has 0 aromatic heterocycles. The first-order valence-electron chi connectivity index (χ1n) is 5.94. The van der Waals surface area contributed by atoms with Gasteiger partial charge in [0.15, 0.2) is 0 Å². The summed E-state index contributed by atoms with van der Waals surface area (Å²) in [7, 11) is 0. The molecule has 0 heterocycles. The van der Waals surface area contributed by atoms with Crippen molar-refractivity contribution in [3.8, 4) is 6.07 Å². The van der Waals surface area contributed by atoms with Gasteiger partial charge in [0.1, 0.15) is 6.07 Å². The number of anilines is 1. The van der Waals surface area contributed by atoms with Crippen LogP contribution in [0.2, 0.25) is 5.02 Å². The number of carbonyl (C=O) groups excluding carboxylic acids is 1. The van der Waals surface area contributed by atoms with E-state index in [1.807, 2.05) is 6.07 Å². The molecule has 0 atom stereocenters. The molecule has 6 heteroatoms. The van der Waals surface area contributed by atoms with E-state index in [-0.39, 0.29) is 18.1 Å². The van der Waals surface area contributed by atoms with E-state index < -0.39 is 0 Å². The highest BCUT2D eigenvalue weighted by Crippen LogP contribution is 2.44. The summed E-state index contributed by atoms with van der Waals surface area (Å²) in [6, 6.07) is 6.29. The van der Waals surface area contributed by atoms with E-state index in [2.05, 4.69) is 10.6 Å². The Morgan fingerprint density at radius 2 is 2.26 bits per heavy atom. The SMILES string of the molecule is N#Cc1ccc(NC(=O)NCC2(CO)CC2)cc1Cl. The average molecular weight is 280 g/mol. The first-order valence-corrected chi connectivity index (χ1v) is 6.32. The van der Waals surface area contributed by atoms with E-state index in [1.165, 1.54) is 6.07 Å². The predicted molar refractivity (Wildman–Crippen MR) is 71.9 cm³/mol. The van der Waals surface area contributed by atoms with Crippen molar-refractivity contribution in [2.75, 3.05) is 18.5 Å². The van der Waals surface area contributed by atoms with Crippen molar-refractivity contribution < 1.29 is 9.90 Å². The number of aliphatic hydroxyl groups excluding tert-OH is 1. The van der Waals surface area contributed by atoms with Crippen LogP contribution in [0.15, 0.2) is 18.2 Å². The summed E-state index contributed by atoms with van der Waals surface area (Å²) >= 11 is 5.87. The van der Waals surface area contributed by atoms with Gasteiger partial charge in [-0.25, -0.2) is 4.79 Å². The van der Waals surface area contributed by atoms with E-state index in [4.69, 9.17) is 22.0 Å². The number of carbonyl (C=O) groups is 1. The fourth-order valence-electron chi connectivity index (χ4n) is 1.69. The number of nitrogens with one attached hydrogen (secondary N) is 2. The number of amides is 2. The van der Waals surface area contributed by atoms with Crippen LogP contribution >= 0.6 is 11.6 Å². The second-order valence-electron chi connectivity index (χ2n) is 4.77. The largest absolute Gasteiger partial charge is 0.396 e. The maximum absolute atomic E-state index is 11.7. The second-order valence-corrected chi connectivity index (χ2v) is 5.18. The smallest absolute Gasteiger partial charge is 0.319 e. The quantitative estimate of drug-likeness (QED) is 0.789. The number of nitriles is 1. The van der Waals surface area contributed by atoms with Crippen molar-refractivity contribution >= 4 is 23.3 Å². The van der Waals surface area contributed by atoms with E-state index in [9.17, 15) is 4.79 Å². The third kappa shape index (κ3) is 3.37. The van der Waals surface area contributed by atoms with Gasteiger partial charge in [-0.15, -0.1) is 0 Å². The van der Waals surface area contributed by atoms with Crippen LogP contribution in [-0.2, 0) is 0 Å². The summed E-state index contributed by atoms with van der Waals surface area (Å²) in [4.78, 5) is 11.7. The van der Waals surface area contributed by atoms with Crippen LogP contribution in [0.1, 0.15) is 18.4 Å². The van der Waals surface area contributed by atoms with Crippen LogP contribution in [0, 0.1) is 16.7 Å². The molecule has 100 valence electrons. The lowest BCUT2D eigenvalue weighted by Crippen LogP contribution is -2.35. The van der Waals surface area contributed by atoms with Crippen LogP contribution in [-0.4, -0.2) is 24.3 Å². The number of nitrogens with zero attached hydrogens (tertiary/aromatic N) is 1. The zero-order chi connectivity index (χ0) is 13.9. The number of hydrogen-bond acceptors (Lipinski definition) is 3. The van der Waals surface area contributed by atoms with Gasteiger partial charge < -0.3 is 15.7 Å². The Bertz CT molecular complexity index is 535. The Morgan fingerprint density at radius 3 is 2.79 bits per heavy atom. The van der Waals surface area contributed by atoms with Crippen molar-refractivity contribution in [1.82, 2.24) is 5.32 Å². The molecule has 0 unspecified atom stereocenters. The minimum atomic E-state index is -0.347. The second kappa shape index (κ2) is 5.47. The Morgan fingerprint density at radius 1 is 1.53 bits per heavy atom. The number of halogens is 1. The molecule has 1 aliphatic rings. The highest BCUT2D eigenvalue weighted by atomic mass is 35.5. The van der Waals surface area contributed by atoms with Gasteiger partial charge in [0.05, 0.1) is 17.2 Å². The monoisotopic (exact) mass is 279 g/mol. The Balaban J connectivity index is 1.89. The van der Waals surface area contributed by atoms with Crippen molar-refractivity contribution in [2.45, 2.75) is 12.8 Å². The molecule has 3 N–H and O–H groups in total. The number of benzene rings is 1. The standard InChI is InChI=1S/C13H14ClN3O2/c14-11-5-10(2-1-9(11)6-15)17-12(19)16-7-13(8-18)3-4-13/h1-2,5,18H,3-4,7-8H2,(H2,16,17,19). The Hall–Kier alpha value is -1.77. The highest BCUT2D eigenvalue weighted by Gasteiger charge is 2.42. The molecule has 0 radical (unpaired) electrons. The van der Waals surface area contributed by atoms with Gasteiger partial charge in [0, 0.05) is 17.6 Å². The van der Waals surface area contributed by atoms with E-state index in [1.54, 1.807) is 12.1 Å². The van der Waals surface area contributed by atoms with E-state index in [0.29, 0.717) is 22.8 Å². The number of hydrogen-bond donors (Lipinski definition) is 3. The van der Waals surface area contributed by atoms with Gasteiger partial charge in [-0.3, -0.25) is 0 Å². The molecule has 1 aromatic carbocycles. The molecular weight excluding hydrogens is 266 g/mol. The van der Waals surface area contributed by atoms with E-state index in [0.717, 1.165) is 12.8 Å². The molecule has 19 heavy (non-hydrogen) atoms. The Labute approximate surface area is 116 Å². The van der Waals surface area contributed by atoms with Crippen LogP contribution in [0.25, 0.3) is 0 Å². The molecule has 0 spiro atoms. The van der Waals surface area contributed by atoms with Crippen molar-refractivity contribution in [3.63, 3.8) is 0 Å². The van der Waals surface area contributed by atoms with Gasteiger partial charge >= 0.3 is 6.03 Å². The van der Waals surface area contributed by atoms with E-state index >= 15 is 0 Å². The van der Waals surface area contributed by atoms with Gasteiger partial charge in [-0.05, 0) is 31.0 Å². The highest BCUT2D eigenvalue weighted by molar-refractivity contribution is 6.32. The lowest BCUT2D eigenvalue weighted by Gasteiger charge is -2.13. The topological polar surface area (TPSA) is 85.2 Å². The maximum Gasteiger partial charge on any atom is 0.319 e. The molecule has 0 saturated heterocycles. The zero-order valence-electron chi connectivity index (χ0n) is 10.2. The molecule has 1 aliphatic carbocycles. The van der Waals surface area contributed by atoms with Crippen molar-refractivity contribution in [3.05, 3.63) is 28.8 Å².